The first-order valence-corrected chi connectivity index (χ1v) is 7.12. The van der Waals surface area contributed by atoms with Gasteiger partial charge in [0.25, 0.3) is 0 Å². The van der Waals surface area contributed by atoms with E-state index in [9.17, 15) is 4.79 Å². The van der Waals surface area contributed by atoms with Gasteiger partial charge in [-0.1, -0.05) is 11.6 Å². The molecule has 1 amide bonds. The molecule has 0 bridgehead atoms. The van der Waals surface area contributed by atoms with E-state index in [0.29, 0.717) is 6.54 Å². The molecule has 0 saturated heterocycles. The van der Waals surface area contributed by atoms with Crippen molar-refractivity contribution in [1.29, 1.82) is 0 Å². The average molecular weight is 273 g/mol. The fourth-order valence-corrected chi connectivity index (χ4v) is 3.28. The Kier molecular flexibility index (Phi) is 4.42. The summed E-state index contributed by atoms with van der Waals surface area (Å²) in [5.74, 6) is 0.275. The van der Waals surface area contributed by atoms with Crippen LogP contribution >= 0.6 is 22.9 Å². The molecule has 94 valence electrons. The van der Waals surface area contributed by atoms with Crippen molar-refractivity contribution in [2.75, 3.05) is 6.54 Å². The van der Waals surface area contributed by atoms with Gasteiger partial charge in [-0.3, -0.25) is 4.79 Å². The largest absolute Gasteiger partial charge is 0.356 e. The van der Waals surface area contributed by atoms with Gasteiger partial charge in [0, 0.05) is 23.4 Å². The van der Waals surface area contributed by atoms with Crippen LogP contribution in [0.25, 0.3) is 0 Å². The average Bonchev–Trinajstić information content (AvgIpc) is 2.88. The van der Waals surface area contributed by atoms with Crippen LogP contribution in [-0.4, -0.2) is 18.5 Å². The Hall–Kier alpha value is -0.580. The highest BCUT2D eigenvalue weighted by molar-refractivity contribution is 7.16. The molecule has 1 aromatic rings. The first-order valence-electron chi connectivity index (χ1n) is 5.92. The molecule has 3 nitrogen and oxygen atoms in total. The van der Waals surface area contributed by atoms with Crippen LogP contribution in [0.1, 0.15) is 24.1 Å². The van der Waals surface area contributed by atoms with Gasteiger partial charge in [-0.2, -0.15) is 0 Å². The quantitative estimate of drug-likeness (QED) is 0.883. The van der Waals surface area contributed by atoms with Gasteiger partial charge in [-0.25, -0.2) is 0 Å². The maximum Gasteiger partial charge on any atom is 0.223 e. The first-order chi connectivity index (χ1) is 8.15. The van der Waals surface area contributed by atoms with E-state index in [1.54, 1.807) is 11.3 Å². The third kappa shape index (κ3) is 3.69. The van der Waals surface area contributed by atoms with Gasteiger partial charge in [-0.05, 0) is 37.8 Å². The second-order valence-corrected chi connectivity index (χ2v) is 6.32. The summed E-state index contributed by atoms with van der Waals surface area (Å²) in [6.07, 6.45) is 3.58. The first kappa shape index (κ1) is 12.9. The Bertz CT molecular complexity index is 394. The van der Waals surface area contributed by atoms with E-state index in [1.807, 2.05) is 12.1 Å². The summed E-state index contributed by atoms with van der Waals surface area (Å²) in [6, 6.07) is 4.10. The van der Waals surface area contributed by atoms with E-state index in [1.165, 1.54) is 4.88 Å². The number of halogens is 1. The molecule has 0 aliphatic heterocycles. The van der Waals surface area contributed by atoms with Crippen molar-refractivity contribution in [3.05, 3.63) is 21.3 Å². The normalized spacial score (nSPS) is 23.9. The Morgan fingerprint density at radius 1 is 1.53 bits per heavy atom. The molecule has 0 radical (unpaired) electrons. The molecule has 2 unspecified atom stereocenters. The highest BCUT2D eigenvalue weighted by Crippen LogP contribution is 2.24. The van der Waals surface area contributed by atoms with Crippen LogP contribution in [0.15, 0.2) is 12.1 Å². The molecular formula is C12H17ClN2OS. The van der Waals surface area contributed by atoms with E-state index in [0.717, 1.165) is 30.0 Å². The molecule has 2 rings (SSSR count). The zero-order valence-corrected chi connectivity index (χ0v) is 11.2. The fourth-order valence-electron chi connectivity index (χ4n) is 2.19. The lowest BCUT2D eigenvalue weighted by Crippen LogP contribution is -2.31. The highest BCUT2D eigenvalue weighted by atomic mass is 35.5. The van der Waals surface area contributed by atoms with Gasteiger partial charge in [0.1, 0.15) is 0 Å². The fraction of sp³-hybridized carbons (Fsp3) is 0.583. The summed E-state index contributed by atoms with van der Waals surface area (Å²) in [4.78, 5) is 13.0. The molecule has 1 saturated carbocycles. The maximum absolute atomic E-state index is 11.8. The van der Waals surface area contributed by atoms with Crippen LogP contribution in [0, 0.1) is 5.92 Å². The number of rotatable bonds is 4. The van der Waals surface area contributed by atoms with Crippen LogP contribution in [-0.2, 0) is 11.2 Å². The number of hydrogen-bond acceptors (Lipinski definition) is 3. The number of thiophene rings is 1. The van der Waals surface area contributed by atoms with Gasteiger partial charge >= 0.3 is 0 Å². The lowest BCUT2D eigenvalue weighted by atomic mass is 10.1. The van der Waals surface area contributed by atoms with Gasteiger partial charge in [0.2, 0.25) is 5.91 Å². The molecule has 3 N–H and O–H groups in total. The Morgan fingerprint density at radius 2 is 2.35 bits per heavy atom. The van der Waals surface area contributed by atoms with E-state index < -0.39 is 0 Å². The second kappa shape index (κ2) is 5.85. The predicted molar refractivity (Wildman–Crippen MR) is 71.4 cm³/mol. The Balaban J connectivity index is 1.70. The lowest BCUT2D eigenvalue weighted by Gasteiger charge is -2.10. The van der Waals surface area contributed by atoms with Crippen molar-refractivity contribution >= 4 is 28.8 Å². The topological polar surface area (TPSA) is 55.1 Å². The standard InChI is InChI=1S/C12H17ClN2OS/c13-11-4-3-10(17-11)5-6-15-12(16)8-1-2-9(14)7-8/h3-4,8-9H,1-2,5-7,14H2,(H,15,16). The zero-order valence-electron chi connectivity index (χ0n) is 9.62. The summed E-state index contributed by atoms with van der Waals surface area (Å²) in [6.45, 7) is 0.682. The molecule has 17 heavy (non-hydrogen) atoms. The van der Waals surface area contributed by atoms with Gasteiger partial charge < -0.3 is 11.1 Å². The summed E-state index contributed by atoms with van der Waals surface area (Å²) in [7, 11) is 0. The molecule has 1 heterocycles. The lowest BCUT2D eigenvalue weighted by molar-refractivity contribution is -0.124. The van der Waals surface area contributed by atoms with Crippen molar-refractivity contribution in [2.45, 2.75) is 31.7 Å². The predicted octanol–water partition coefficient (Wildman–Crippen LogP) is 2.19. The van der Waals surface area contributed by atoms with Crippen molar-refractivity contribution in [3.8, 4) is 0 Å². The van der Waals surface area contributed by atoms with E-state index in [2.05, 4.69) is 5.32 Å². The van der Waals surface area contributed by atoms with Crippen molar-refractivity contribution < 1.29 is 4.79 Å². The second-order valence-electron chi connectivity index (χ2n) is 4.52. The molecule has 0 spiro atoms. The van der Waals surface area contributed by atoms with Gasteiger partial charge in [-0.15, -0.1) is 11.3 Å². The van der Waals surface area contributed by atoms with E-state index in [-0.39, 0.29) is 17.9 Å². The van der Waals surface area contributed by atoms with E-state index >= 15 is 0 Å². The third-order valence-corrected chi connectivity index (χ3v) is 4.43. The molecule has 1 fully saturated rings. The van der Waals surface area contributed by atoms with Crippen LogP contribution in [0.4, 0.5) is 0 Å². The number of amides is 1. The van der Waals surface area contributed by atoms with E-state index in [4.69, 9.17) is 17.3 Å². The van der Waals surface area contributed by atoms with Gasteiger partial charge in [0.15, 0.2) is 0 Å². The Labute approximate surface area is 110 Å². The number of carbonyl (C=O) groups is 1. The summed E-state index contributed by atoms with van der Waals surface area (Å²) in [5, 5.41) is 2.97. The van der Waals surface area contributed by atoms with Gasteiger partial charge in [0.05, 0.1) is 4.34 Å². The minimum absolute atomic E-state index is 0.122. The van der Waals surface area contributed by atoms with Crippen LogP contribution < -0.4 is 11.1 Å². The number of hydrogen-bond donors (Lipinski definition) is 2. The summed E-state index contributed by atoms with van der Waals surface area (Å²) < 4.78 is 0.799. The SMILES string of the molecule is NC1CCC(C(=O)NCCc2ccc(Cl)s2)C1. The Morgan fingerprint density at radius 3 is 2.94 bits per heavy atom. The molecule has 0 aromatic carbocycles. The minimum Gasteiger partial charge on any atom is -0.356 e. The minimum atomic E-state index is 0.122. The maximum atomic E-state index is 11.8. The van der Waals surface area contributed by atoms with Crippen molar-refractivity contribution in [1.82, 2.24) is 5.32 Å². The van der Waals surface area contributed by atoms with Crippen LogP contribution in [0.2, 0.25) is 4.34 Å². The molecule has 1 aliphatic rings. The molecule has 1 aliphatic carbocycles. The monoisotopic (exact) mass is 272 g/mol. The number of nitrogens with two attached hydrogens (primary N) is 1. The third-order valence-electron chi connectivity index (χ3n) is 3.14. The highest BCUT2D eigenvalue weighted by Gasteiger charge is 2.27. The summed E-state index contributed by atoms with van der Waals surface area (Å²) in [5.41, 5.74) is 5.79. The molecule has 1 aromatic heterocycles. The molecule has 5 heteroatoms. The molecular weight excluding hydrogens is 256 g/mol. The van der Waals surface area contributed by atoms with Crippen LogP contribution in [0.3, 0.4) is 0 Å². The number of carbonyl (C=O) groups excluding carboxylic acids is 1. The molecule has 2 atom stereocenters. The zero-order chi connectivity index (χ0) is 12.3. The van der Waals surface area contributed by atoms with Crippen molar-refractivity contribution in [2.24, 2.45) is 11.7 Å². The van der Waals surface area contributed by atoms with Crippen LogP contribution in [0.5, 0.6) is 0 Å². The smallest absolute Gasteiger partial charge is 0.223 e. The number of nitrogens with one attached hydrogen (secondary N) is 1. The summed E-state index contributed by atoms with van der Waals surface area (Å²) >= 11 is 7.40. The van der Waals surface area contributed by atoms with Crippen molar-refractivity contribution in [3.63, 3.8) is 0 Å².